The highest BCUT2D eigenvalue weighted by molar-refractivity contribution is 5.95. The van der Waals surface area contributed by atoms with E-state index in [4.69, 9.17) is 10.5 Å². The number of nitrogens with two attached hydrogens (primary N) is 1. The molecule has 0 aliphatic carbocycles. The van der Waals surface area contributed by atoms with E-state index < -0.39 is 11.8 Å². The molecule has 0 bridgehead atoms. The van der Waals surface area contributed by atoms with Gasteiger partial charge in [-0.15, -0.1) is 0 Å². The van der Waals surface area contributed by atoms with Gasteiger partial charge in [0.25, 0.3) is 11.8 Å². The Labute approximate surface area is 127 Å². The molecule has 0 spiro atoms. The molecule has 0 aliphatic heterocycles. The second-order valence-corrected chi connectivity index (χ2v) is 4.35. The number of benzene rings is 2. The molecule has 2 rings (SSSR count). The Bertz CT molecular complexity index is 684. The summed E-state index contributed by atoms with van der Waals surface area (Å²) in [5.74, 6) is -0.790. The Morgan fingerprint density at radius 2 is 1.77 bits per heavy atom. The Balaban J connectivity index is 1.86. The number of hydrazone groups is 1. The van der Waals surface area contributed by atoms with Crippen LogP contribution in [0.4, 0.5) is 0 Å². The first-order valence-electron chi connectivity index (χ1n) is 6.55. The monoisotopic (exact) mass is 297 g/mol. The molecule has 6 nitrogen and oxygen atoms in total. The van der Waals surface area contributed by atoms with Crippen LogP contribution in [0.5, 0.6) is 5.75 Å². The van der Waals surface area contributed by atoms with Crippen molar-refractivity contribution in [2.75, 3.05) is 6.61 Å². The molecule has 0 aromatic heterocycles. The smallest absolute Gasteiger partial charge is 0.277 e. The summed E-state index contributed by atoms with van der Waals surface area (Å²) in [6.45, 7) is -0.267. The van der Waals surface area contributed by atoms with Crippen molar-refractivity contribution in [3.63, 3.8) is 0 Å². The number of amides is 2. The molecule has 0 atom stereocenters. The van der Waals surface area contributed by atoms with E-state index in [1.807, 2.05) is 30.3 Å². The van der Waals surface area contributed by atoms with Gasteiger partial charge in [0.2, 0.25) is 0 Å². The number of rotatable bonds is 6. The van der Waals surface area contributed by atoms with Gasteiger partial charge >= 0.3 is 0 Å². The normalized spacial score (nSPS) is 10.4. The van der Waals surface area contributed by atoms with Crippen LogP contribution in [-0.4, -0.2) is 24.6 Å². The van der Waals surface area contributed by atoms with E-state index in [9.17, 15) is 9.59 Å². The molecular weight excluding hydrogens is 282 g/mol. The number of primary amides is 1. The molecule has 6 heteroatoms. The van der Waals surface area contributed by atoms with E-state index in [1.54, 1.807) is 18.2 Å². The molecule has 0 saturated heterocycles. The summed E-state index contributed by atoms with van der Waals surface area (Å²) in [5.41, 5.74) is 8.65. The van der Waals surface area contributed by atoms with Crippen molar-refractivity contribution in [3.8, 4) is 5.75 Å². The molecule has 2 aromatic rings. The summed E-state index contributed by atoms with van der Waals surface area (Å²) in [4.78, 5) is 22.8. The number of hydrogen-bond acceptors (Lipinski definition) is 4. The van der Waals surface area contributed by atoms with Gasteiger partial charge in [-0.2, -0.15) is 5.10 Å². The molecule has 112 valence electrons. The molecule has 0 fully saturated rings. The molecule has 0 unspecified atom stereocenters. The Morgan fingerprint density at radius 1 is 1.09 bits per heavy atom. The van der Waals surface area contributed by atoms with Crippen molar-refractivity contribution in [1.82, 2.24) is 5.43 Å². The highest BCUT2D eigenvalue weighted by atomic mass is 16.5. The minimum absolute atomic E-state index is 0.225. The number of nitrogens with one attached hydrogen (secondary N) is 1. The summed E-state index contributed by atoms with van der Waals surface area (Å²) in [5, 5.41) is 3.82. The van der Waals surface area contributed by atoms with Crippen LogP contribution < -0.4 is 15.9 Å². The molecule has 0 radical (unpaired) electrons. The third-order valence-corrected chi connectivity index (χ3v) is 2.71. The van der Waals surface area contributed by atoms with Gasteiger partial charge < -0.3 is 10.5 Å². The van der Waals surface area contributed by atoms with Crippen molar-refractivity contribution < 1.29 is 14.3 Å². The lowest BCUT2D eigenvalue weighted by Gasteiger charge is -2.08. The summed E-state index contributed by atoms with van der Waals surface area (Å²) >= 11 is 0. The van der Waals surface area contributed by atoms with E-state index in [1.165, 1.54) is 12.3 Å². The number of nitrogens with zero attached hydrogens (tertiary/aromatic N) is 1. The Kier molecular flexibility index (Phi) is 5.25. The molecule has 3 N–H and O–H groups in total. The van der Waals surface area contributed by atoms with Crippen molar-refractivity contribution in [3.05, 3.63) is 65.7 Å². The minimum atomic E-state index is -0.613. The van der Waals surface area contributed by atoms with Crippen LogP contribution in [0.25, 0.3) is 0 Å². The molecule has 0 saturated carbocycles. The zero-order valence-corrected chi connectivity index (χ0v) is 11.7. The van der Waals surface area contributed by atoms with Gasteiger partial charge in [-0.3, -0.25) is 9.59 Å². The number of ether oxygens (including phenoxy) is 1. The minimum Gasteiger partial charge on any atom is -0.483 e. The number of carbonyl (C=O) groups excluding carboxylic acids is 2. The van der Waals surface area contributed by atoms with Gasteiger partial charge in [-0.05, 0) is 17.7 Å². The lowest BCUT2D eigenvalue weighted by Crippen LogP contribution is -2.25. The van der Waals surface area contributed by atoms with E-state index in [-0.39, 0.29) is 17.9 Å². The molecule has 2 aromatic carbocycles. The number of carbonyl (C=O) groups is 2. The van der Waals surface area contributed by atoms with Gasteiger partial charge in [-0.25, -0.2) is 5.43 Å². The third-order valence-electron chi connectivity index (χ3n) is 2.71. The van der Waals surface area contributed by atoms with Crippen molar-refractivity contribution in [2.24, 2.45) is 10.8 Å². The first-order chi connectivity index (χ1) is 10.7. The van der Waals surface area contributed by atoms with E-state index in [0.717, 1.165) is 5.56 Å². The lowest BCUT2D eigenvalue weighted by atomic mass is 10.2. The molecule has 0 heterocycles. The highest BCUT2D eigenvalue weighted by Gasteiger charge is 2.09. The van der Waals surface area contributed by atoms with Gasteiger partial charge in [0, 0.05) is 0 Å². The van der Waals surface area contributed by atoms with Gasteiger partial charge in [0.05, 0.1) is 11.8 Å². The largest absolute Gasteiger partial charge is 0.483 e. The average Bonchev–Trinajstić information content (AvgIpc) is 2.54. The third kappa shape index (κ3) is 4.45. The van der Waals surface area contributed by atoms with Crippen LogP contribution in [0.1, 0.15) is 15.9 Å². The summed E-state index contributed by atoms with van der Waals surface area (Å²) in [6.07, 6.45) is 1.52. The molecule has 2 amide bonds. The predicted octanol–water partition coefficient (Wildman–Crippen LogP) is 1.31. The first kappa shape index (κ1) is 15.2. The fourth-order valence-electron chi connectivity index (χ4n) is 1.69. The van der Waals surface area contributed by atoms with Crippen LogP contribution in [0, 0.1) is 0 Å². The summed E-state index contributed by atoms with van der Waals surface area (Å²) < 4.78 is 5.28. The topological polar surface area (TPSA) is 93.8 Å². The van der Waals surface area contributed by atoms with Gasteiger partial charge in [0.15, 0.2) is 6.61 Å². The predicted molar refractivity (Wildman–Crippen MR) is 82.6 cm³/mol. The lowest BCUT2D eigenvalue weighted by molar-refractivity contribution is -0.123. The summed E-state index contributed by atoms with van der Waals surface area (Å²) in [7, 11) is 0. The number of para-hydroxylation sites is 1. The van der Waals surface area contributed by atoms with Gasteiger partial charge in [-0.1, -0.05) is 42.5 Å². The zero-order chi connectivity index (χ0) is 15.8. The van der Waals surface area contributed by atoms with Crippen molar-refractivity contribution >= 4 is 18.0 Å². The van der Waals surface area contributed by atoms with Crippen molar-refractivity contribution in [1.29, 1.82) is 0 Å². The molecule has 22 heavy (non-hydrogen) atoms. The van der Waals surface area contributed by atoms with Crippen molar-refractivity contribution in [2.45, 2.75) is 0 Å². The Morgan fingerprint density at radius 3 is 2.50 bits per heavy atom. The Hall–Kier alpha value is -3.15. The second kappa shape index (κ2) is 7.58. The number of hydrogen-bond donors (Lipinski definition) is 2. The van der Waals surface area contributed by atoms with Crippen LogP contribution in [-0.2, 0) is 4.79 Å². The molecule has 0 aliphatic rings. The maximum absolute atomic E-state index is 11.6. The van der Waals surface area contributed by atoms with Gasteiger partial charge in [0.1, 0.15) is 5.75 Å². The van der Waals surface area contributed by atoms with E-state index in [2.05, 4.69) is 10.5 Å². The molecular formula is C16H15N3O3. The first-order valence-corrected chi connectivity index (χ1v) is 6.55. The summed E-state index contributed by atoms with van der Waals surface area (Å²) in [6, 6.07) is 15.8. The van der Waals surface area contributed by atoms with Crippen LogP contribution >= 0.6 is 0 Å². The fraction of sp³-hybridized carbons (Fsp3) is 0.0625. The fourth-order valence-corrected chi connectivity index (χ4v) is 1.69. The highest BCUT2D eigenvalue weighted by Crippen LogP contribution is 2.16. The van der Waals surface area contributed by atoms with Crippen LogP contribution in [0.15, 0.2) is 59.7 Å². The standard InChI is InChI=1S/C16H15N3O3/c17-16(21)13-8-4-5-9-14(13)22-11-15(20)19-18-10-12-6-2-1-3-7-12/h1-10H,11H2,(H2,17,21)(H,19,20)/b18-10+. The van der Waals surface area contributed by atoms with Crippen LogP contribution in [0.2, 0.25) is 0 Å². The average molecular weight is 297 g/mol. The second-order valence-electron chi connectivity index (χ2n) is 4.35. The zero-order valence-electron chi connectivity index (χ0n) is 11.7. The van der Waals surface area contributed by atoms with Crippen LogP contribution in [0.3, 0.4) is 0 Å². The maximum atomic E-state index is 11.6. The van der Waals surface area contributed by atoms with E-state index >= 15 is 0 Å². The SMILES string of the molecule is NC(=O)c1ccccc1OCC(=O)N/N=C/c1ccccc1. The maximum Gasteiger partial charge on any atom is 0.277 e. The quantitative estimate of drug-likeness (QED) is 0.622. The van der Waals surface area contributed by atoms with E-state index in [0.29, 0.717) is 0 Å².